The summed E-state index contributed by atoms with van der Waals surface area (Å²) in [5, 5.41) is 13.1. The van der Waals surface area contributed by atoms with Gasteiger partial charge in [-0.05, 0) is 32.8 Å². The van der Waals surface area contributed by atoms with E-state index in [1.807, 2.05) is 32.0 Å². The molecule has 0 saturated heterocycles. The van der Waals surface area contributed by atoms with Gasteiger partial charge < -0.3 is 20.9 Å². The minimum Gasteiger partial charge on any atom is -0.491 e. The number of nitrogen functional groups attached to an aromatic ring is 1. The standard InChI is InChI=1S/C15H24N2O2/c1-11(2)19-14-8-12(16)7-13(9-14)17-15(10-18)5-3-4-6-15/h7-9,11,17-18H,3-6,10,16H2,1-2H3. The van der Waals surface area contributed by atoms with Crippen LogP contribution in [0.15, 0.2) is 18.2 Å². The summed E-state index contributed by atoms with van der Waals surface area (Å²) in [6.45, 7) is 4.13. The number of ether oxygens (including phenoxy) is 1. The van der Waals surface area contributed by atoms with Gasteiger partial charge in [0.1, 0.15) is 5.75 Å². The number of anilines is 2. The van der Waals surface area contributed by atoms with E-state index in [1.165, 1.54) is 0 Å². The predicted molar refractivity (Wildman–Crippen MR) is 78.5 cm³/mol. The topological polar surface area (TPSA) is 67.5 Å². The highest BCUT2D eigenvalue weighted by atomic mass is 16.5. The zero-order valence-corrected chi connectivity index (χ0v) is 11.8. The maximum absolute atomic E-state index is 9.64. The fourth-order valence-corrected chi connectivity index (χ4v) is 2.72. The second kappa shape index (κ2) is 5.70. The molecule has 0 spiro atoms. The molecule has 1 aliphatic rings. The van der Waals surface area contributed by atoms with Crippen LogP contribution in [0.2, 0.25) is 0 Å². The molecule has 1 fully saturated rings. The van der Waals surface area contributed by atoms with Crippen LogP contribution in [0.25, 0.3) is 0 Å². The Balaban J connectivity index is 2.17. The van der Waals surface area contributed by atoms with Crippen LogP contribution < -0.4 is 15.8 Å². The van der Waals surface area contributed by atoms with E-state index in [-0.39, 0.29) is 18.2 Å². The van der Waals surface area contributed by atoms with Crippen LogP contribution >= 0.6 is 0 Å². The Morgan fingerprint density at radius 2 is 2.00 bits per heavy atom. The molecular formula is C15H24N2O2. The van der Waals surface area contributed by atoms with Crippen LogP contribution in [-0.4, -0.2) is 23.4 Å². The van der Waals surface area contributed by atoms with Gasteiger partial charge in [0.25, 0.3) is 0 Å². The minimum absolute atomic E-state index is 0.118. The third kappa shape index (κ3) is 3.53. The number of nitrogens with two attached hydrogens (primary N) is 1. The van der Waals surface area contributed by atoms with Crippen molar-refractivity contribution in [1.29, 1.82) is 0 Å². The molecule has 19 heavy (non-hydrogen) atoms. The molecule has 0 unspecified atom stereocenters. The normalized spacial score (nSPS) is 17.7. The van der Waals surface area contributed by atoms with E-state index in [4.69, 9.17) is 10.5 Å². The lowest BCUT2D eigenvalue weighted by Gasteiger charge is -2.29. The van der Waals surface area contributed by atoms with Crippen molar-refractivity contribution in [3.63, 3.8) is 0 Å². The SMILES string of the molecule is CC(C)Oc1cc(N)cc(NC2(CO)CCCC2)c1. The first-order valence-electron chi connectivity index (χ1n) is 6.99. The molecule has 1 aromatic rings. The van der Waals surface area contributed by atoms with E-state index in [0.29, 0.717) is 5.69 Å². The number of aliphatic hydroxyl groups is 1. The zero-order valence-electron chi connectivity index (χ0n) is 11.8. The summed E-state index contributed by atoms with van der Waals surface area (Å²) in [7, 11) is 0. The van der Waals surface area contributed by atoms with Crippen LogP contribution in [0.5, 0.6) is 5.75 Å². The van der Waals surface area contributed by atoms with Crippen molar-refractivity contribution in [2.75, 3.05) is 17.7 Å². The Morgan fingerprint density at radius 3 is 2.58 bits per heavy atom. The Morgan fingerprint density at radius 1 is 1.32 bits per heavy atom. The summed E-state index contributed by atoms with van der Waals surface area (Å²) in [6.07, 6.45) is 4.43. The molecule has 0 radical (unpaired) electrons. The van der Waals surface area contributed by atoms with Gasteiger partial charge in [0.2, 0.25) is 0 Å². The van der Waals surface area contributed by atoms with Gasteiger partial charge in [0, 0.05) is 23.5 Å². The first-order valence-corrected chi connectivity index (χ1v) is 6.99. The van der Waals surface area contributed by atoms with Crippen LogP contribution in [0.4, 0.5) is 11.4 Å². The first-order chi connectivity index (χ1) is 9.03. The molecule has 0 bridgehead atoms. The minimum atomic E-state index is -0.192. The van der Waals surface area contributed by atoms with Crippen molar-refractivity contribution >= 4 is 11.4 Å². The van der Waals surface area contributed by atoms with Crippen molar-refractivity contribution in [3.8, 4) is 5.75 Å². The average Bonchev–Trinajstić information content (AvgIpc) is 2.76. The summed E-state index contributed by atoms with van der Waals surface area (Å²) in [5.74, 6) is 0.767. The molecule has 1 saturated carbocycles. The van der Waals surface area contributed by atoms with Crippen LogP contribution in [-0.2, 0) is 0 Å². The number of rotatable bonds is 5. The van der Waals surface area contributed by atoms with Crippen molar-refractivity contribution < 1.29 is 9.84 Å². The molecule has 4 N–H and O–H groups in total. The van der Waals surface area contributed by atoms with Gasteiger partial charge in [-0.3, -0.25) is 0 Å². The zero-order chi connectivity index (χ0) is 13.9. The molecule has 0 aliphatic heterocycles. The summed E-state index contributed by atoms with van der Waals surface area (Å²) in [5.41, 5.74) is 7.32. The molecule has 0 heterocycles. The highest BCUT2D eigenvalue weighted by Gasteiger charge is 2.33. The molecule has 0 atom stereocenters. The summed E-state index contributed by atoms with van der Waals surface area (Å²) >= 11 is 0. The summed E-state index contributed by atoms with van der Waals surface area (Å²) in [4.78, 5) is 0. The molecule has 106 valence electrons. The van der Waals surface area contributed by atoms with E-state index < -0.39 is 0 Å². The van der Waals surface area contributed by atoms with E-state index >= 15 is 0 Å². The number of nitrogens with one attached hydrogen (secondary N) is 1. The van der Waals surface area contributed by atoms with Gasteiger partial charge in [-0.1, -0.05) is 12.8 Å². The molecule has 0 amide bonds. The fraction of sp³-hybridized carbons (Fsp3) is 0.600. The highest BCUT2D eigenvalue weighted by molar-refractivity contribution is 5.60. The van der Waals surface area contributed by atoms with Crippen molar-refractivity contribution in [3.05, 3.63) is 18.2 Å². The van der Waals surface area contributed by atoms with Gasteiger partial charge in [-0.25, -0.2) is 0 Å². The molecule has 2 rings (SSSR count). The van der Waals surface area contributed by atoms with Gasteiger partial charge in [-0.15, -0.1) is 0 Å². The molecule has 4 nitrogen and oxygen atoms in total. The Kier molecular flexibility index (Phi) is 4.20. The lowest BCUT2D eigenvalue weighted by molar-refractivity contribution is 0.214. The number of benzene rings is 1. The van der Waals surface area contributed by atoms with E-state index in [9.17, 15) is 5.11 Å². The summed E-state index contributed by atoms with van der Waals surface area (Å²) in [6, 6.07) is 5.67. The predicted octanol–water partition coefficient (Wildman–Crippen LogP) is 2.77. The Bertz CT molecular complexity index is 426. The van der Waals surface area contributed by atoms with Gasteiger partial charge in [-0.2, -0.15) is 0 Å². The second-order valence-electron chi connectivity index (χ2n) is 5.73. The maximum atomic E-state index is 9.64. The second-order valence-corrected chi connectivity index (χ2v) is 5.73. The van der Waals surface area contributed by atoms with Crippen molar-refractivity contribution in [2.24, 2.45) is 0 Å². The third-order valence-electron chi connectivity index (χ3n) is 3.57. The largest absolute Gasteiger partial charge is 0.491 e. The summed E-state index contributed by atoms with van der Waals surface area (Å²) < 4.78 is 5.68. The van der Waals surface area contributed by atoms with Gasteiger partial charge in [0.15, 0.2) is 0 Å². The highest BCUT2D eigenvalue weighted by Crippen LogP contribution is 2.34. The quantitative estimate of drug-likeness (QED) is 0.715. The fourth-order valence-electron chi connectivity index (χ4n) is 2.72. The van der Waals surface area contributed by atoms with Crippen molar-refractivity contribution in [2.45, 2.75) is 51.2 Å². The van der Waals surface area contributed by atoms with Crippen LogP contribution in [0.3, 0.4) is 0 Å². The smallest absolute Gasteiger partial charge is 0.123 e. The van der Waals surface area contributed by atoms with Crippen LogP contribution in [0, 0.1) is 0 Å². The third-order valence-corrected chi connectivity index (χ3v) is 3.57. The van der Waals surface area contributed by atoms with Crippen LogP contribution in [0.1, 0.15) is 39.5 Å². The molecular weight excluding hydrogens is 240 g/mol. The lowest BCUT2D eigenvalue weighted by Crippen LogP contribution is -2.39. The Labute approximate surface area is 115 Å². The van der Waals surface area contributed by atoms with Crippen molar-refractivity contribution in [1.82, 2.24) is 0 Å². The van der Waals surface area contributed by atoms with E-state index in [1.54, 1.807) is 0 Å². The molecule has 1 aromatic carbocycles. The monoisotopic (exact) mass is 264 g/mol. The van der Waals surface area contributed by atoms with E-state index in [0.717, 1.165) is 37.1 Å². The lowest BCUT2D eigenvalue weighted by atomic mass is 9.98. The Hall–Kier alpha value is -1.42. The van der Waals surface area contributed by atoms with E-state index in [2.05, 4.69) is 5.32 Å². The van der Waals surface area contributed by atoms with Gasteiger partial charge >= 0.3 is 0 Å². The number of aliphatic hydroxyl groups excluding tert-OH is 1. The maximum Gasteiger partial charge on any atom is 0.123 e. The average molecular weight is 264 g/mol. The molecule has 0 aromatic heterocycles. The number of hydrogen-bond acceptors (Lipinski definition) is 4. The molecule has 4 heteroatoms. The first kappa shape index (κ1) is 14.0. The van der Waals surface area contributed by atoms with Gasteiger partial charge in [0.05, 0.1) is 18.2 Å². The molecule has 1 aliphatic carbocycles. The number of hydrogen-bond donors (Lipinski definition) is 3.